The summed E-state index contributed by atoms with van der Waals surface area (Å²) in [7, 11) is 1.42. The molecule has 0 spiro atoms. The second-order valence-electron chi connectivity index (χ2n) is 8.61. The van der Waals surface area contributed by atoms with Crippen LogP contribution in [0.2, 0.25) is 0 Å². The van der Waals surface area contributed by atoms with Gasteiger partial charge in [0.1, 0.15) is 5.54 Å². The number of ether oxygens (including phenoxy) is 1. The summed E-state index contributed by atoms with van der Waals surface area (Å²) >= 11 is 0. The molecule has 3 N–H and O–H groups in total. The molecule has 3 aliphatic rings. The molecule has 3 aliphatic carbocycles. The minimum atomic E-state index is -0.813. The fourth-order valence-electron chi connectivity index (χ4n) is 5.50. The Morgan fingerprint density at radius 3 is 2.19 bits per heavy atom. The predicted octanol–water partition coefficient (Wildman–Crippen LogP) is 3.19. The average Bonchev–Trinajstić information content (AvgIpc) is 2.61. The Balaban J connectivity index is 0.00000243. The summed E-state index contributed by atoms with van der Waals surface area (Å²) in [6.45, 7) is 2.19. The number of nitrogens with two attached hydrogens (primary N) is 1. The monoisotopic (exact) mass is 386 g/mol. The number of methoxy groups -OCH3 is 1. The molecule has 26 heavy (non-hydrogen) atoms. The highest BCUT2D eigenvalue weighted by atomic mass is 35.5. The highest BCUT2D eigenvalue weighted by molar-refractivity contribution is 5.89. The van der Waals surface area contributed by atoms with Crippen molar-refractivity contribution in [1.29, 1.82) is 0 Å². The average molecular weight is 387 g/mol. The minimum absolute atomic E-state index is 0. The van der Waals surface area contributed by atoms with Crippen molar-refractivity contribution in [2.45, 2.75) is 82.7 Å². The maximum absolute atomic E-state index is 13.0. The van der Waals surface area contributed by atoms with E-state index >= 15 is 0 Å². The summed E-state index contributed by atoms with van der Waals surface area (Å²) in [5.74, 6) is 1.36. The molecule has 1 amide bonds. The maximum atomic E-state index is 13.0. The van der Waals surface area contributed by atoms with Gasteiger partial charge in [-0.3, -0.25) is 4.79 Å². The van der Waals surface area contributed by atoms with E-state index in [0.29, 0.717) is 30.6 Å². The summed E-state index contributed by atoms with van der Waals surface area (Å²) < 4.78 is 5.07. The Bertz CT molecular complexity index is 491. The lowest BCUT2D eigenvalue weighted by Crippen LogP contribution is -2.59. The lowest BCUT2D eigenvalue weighted by Gasteiger charge is -2.45. The normalized spacial score (nSPS) is 39.4. The largest absolute Gasteiger partial charge is 0.467 e. The van der Waals surface area contributed by atoms with Gasteiger partial charge in [-0.1, -0.05) is 19.8 Å². The number of amides is 1. The van der Waals surface area contributed by atoms with Crippen LogP contribution in [-0.2, 0) is 14.3 Å². The number of nitrogens with one attached hydrogen (secondary N) is 1. The van der Waals surface area contributed by atoms with E-state index in [1.165, 1.54) is 13.5 Å². The van der Waals surface area contributed by atoms with Gasteiger partial charge in [0.2, 0.25) is 5.91 Å². The van der Waals surface area contributed by atoms with Gasteiger partial charge >= 0.3 is 5.97 Å². The molecule has 6 heteroatoms. The van der Waals surface area contributed by atoms with Crippen molar-refractivity contribution in [1.82, 2.24) is 5.32 Å². The number of esters is 1. The first kappa shape index (κ1) is 21.5. The Hall–Kier alpha value is -0.810. The van der Waals surface area contributed by atoms with Crippen LogP contribution < -0.4 is 11.1 Å². The SMILES string of the molecule is CCC1CCC(NC(=O)C2CC3CCCC(C2)C3N)(C(=O)OC)CC1.Cl. The fourth-order valence-corrected chi connectivity index (χ4v) is 5.50. The third-order valence-electron chi connectivity index (χ3n) is 7.26. The molecule has 0 aromatic heterocycles. The van der Waals surface area contributed by atoms with Gasteiger partial charge in [-0.15, -0.1) is 12.4 Å². The zero-order chi connectivity index (χ0) is 18.0. The number of carbonyl (C=O) groups is 2. The molecule has 0 aromatic rings. The molecular weight excluding hydrogens is 352 g/mol. The number of hydrogen-bond acceptors (Lipinski definition) is 4. The Morgan fingerprint density at radius 2 is 1.69 bits per heavy atom. The quantitative estimate of drug-likeness (QED) is 0.727. The maximum Gasteiger partial charge on any atom is 0.331 e. The third kappa shape index (κ3) is 4.19. The molecule has 0 radical (unpaired) electrons. The highest BCUT2D eigenvalue weighted by Gasteiger charge is 2.47. The van der Waals surface area contributed by atoms with Gasteiger partial charge < -0.3 is 15.8 Å². The molecule has 0 aromatic carbocycles. The van der Waals surface area contributed by atoms with Crippen LogP contribution >= 0.6 is 12.4 Å². The molecule has 2 atom stereocenters. The van der Waals surface area contributed by atoms with Crippen LogP contribution in [0, 0.1) is 23.7 Å². The summed E-state index contributed by atoms with van der Waals surface area (Å²) in [6.07, 6.45) is 9.75. The van der Waals surface area contributed by atoms with Crippen LogP contribution in [0.4, 0.5) is 0 Å². The first-order valence-corrected chi connectivity index (χ1v) is 10.1. The van der Waals surface area contributed by atoms with E-state index in [2.05, 4.69) is 12.2 Å². The molecule has 0 saturated heterocycles. The molecule has 0 aliphatic heterocycles. The first-order valence-electron chi connectivity index (χ1n) is 10.1. The lowest BCUT2D eigenvalue weighted by atomic mass is 9.64. The topological polar surface area (TPSA) is 81.4 Å². The van der Waals surface area contributed by atoms with Crippen LogP contribution in [0.1, 0.15) is 71.1 Å². The van der Waals surface area contributed by atoms with Gasteiger partial charge in [-0.2, -0.15) is 0 Å². The summed E-state index contributed by atoms with van der Waals surface area (Å²) in [5.41, 5.74) is 5.54. The summed E-state index contributed by atoms with van der Waals surface area (Å²) in [4.78, 5) is 25.5. The molecule has 2 unspecified atom stereocenters. The second-order valence-corrected chi connectivity index (χ2v) is 8.61. The number of fused-ring (bicyclic) bond motifs is 2. The van der Waals surface area contributed by atoms with Crippen molar-refractivity contribution < 1.29 is 14.3 Å². The number of rotatable bonds is 4. The summed E-state index contributed by atoms with van der Waals surface area (Å²) in [6, 6.07) is 0.257. The van der Waals surface area contributed by atoms with Crippen molar-refractivity contribution in [3.8, 4) is 0 Å². The van der Waals surface area contributed by atoms with Gasteiger partial charge in [0.25, 0.3) is 0 Å². The van der Waals surface area contributed by atoms with Crippen LogP contribution in [0.3, 0.4) is 0 Å². The third-order valence-corrected chi connectivity index (χ3v) is 7.26. The molecule has 3 saturated carbocycles. The molecule has 150 valence electrons. The molecular formula is C20H35ClN2O3. The van der Waals surface area contributed by atoms with Crippen LogP contribution in [-0.4, -0.2) is 30.6 Å². The molecule has 3 fully saturated rings. The first-order chi connectivity index (χ1) is 12.0. The van der Waals surface area contributed by atoms with Crippen LogP contribution in [0.25, 0.3) is 0 Å². The Kier molecular flexibility index (Phi) is 7.37. The van der Waals surface area contributed by atoms with Gasteiger partial charge in [-0.25, -0.2) is 4.79 Å². The Morgan fingerprint density at radius 1 is 1.12 bits per heavy atom. The van der Waals surface area contributed by atoms with Crippen molar-refractivity contribution in [3.63, 3.8) is 0 Å². The van der Waals surface area contributed by atoms with Crippen LogP contribution in [0.5, 0.6) is 0 Å². The standard InChI is InChI=1S/C20H34N2O3.ClH/c1-3-13-7-9-20(10-8-13,19(24)25-2)22-18(23)16-11-14-5-4-6-15(12-16)17(14)21;/h13-17H,3-12,21H2,1-2H3,(H,22,23);1H. The van der Waals surface area contributed by atoms with Crippen molar-refractivity contribution in [3.05, 3.63) is 0 Å². The Labute approximate surface area is 163 Å². The van der Waals surface area contributed by atoms with Crippen molar-refractivity contribution >= 4 is 24.3 Å². The second kappa shape index (κ2) is 8.92. The molecule has 5 nitrogen and oxygen atoms in total. The number of hydrogen-bond donors (Lipinski definition) is 2. The van der Waals surface area contributed by atoms with E-state index in [4.69, 9.17) is 10.5 Å². The van der Waals surface area contributed by atoms with Gasteiger partial charge in [0.05, 0.1) is 7.11 Å². The van der Waals surface area contributed by atoms with Crippen molar-refractivity contribution in [2.24, 2.45) is 29.4 Å². The lowest BCUT2D eigenvalue weighted by molar-refractivity contribution is -0.154. The zero-order valence-electron chi connectivity index (χ0n) is 16.2. The fraction of sp³-hybridized carbons (Fsp3) is 0.900. The minimum Gasteiger partial charge on any atom is -0.467 e. The predicted molar refractivity (Wildman–Crippen MR) is 104 cm³/mol. The molecule has 2 bridgehead atoms. The van der Waals surface area contributed by atoms with E-state index in [1.54, 1.807) is 0 Å². The number of halogens is 1. The van der Waals surface area contributed by atoms with E-state index in [0.717, 1.165) is 44.9 Å². The van der Waals surface area contributed by atoms with E-state index in [-0.39, 0.29) is 36.2 Å². The zero-order valence-corrected chi connectivity index (χ0v) is 17.0. The smallest absolute Gasteiger partial charge is 0.331 e. The van der Waals surface area contributed by atoms with E-state index in [1.807, 2.05) is 0 Å². The van der Waals surface area contributed by atoms with E-state index in [9.17, 15) is 9.59 Å². The van der Waals surface area contributed by atoms with Crippen LogP contribution in [0.15, 0.2) is 0 Å². The van der Waals surface area contributed by atoms with Crippen molar-refractivity contribution in [2.75, 3.05) is 7.11 Å². The summed E-state index contributed by atoms with van der Waals surface area (Å²) in [5, 5.41) is 3.15. The van der Waals surface area contributed by atoms with Gasteiger partial charge in [0.15, 0.2) is 0 Å². The molecule has 0 heterocycles. The van der Waals surface area contributed by atoms with Gasteiger partial charge in [-0.05, 0) is 69.1 Å². The molecule has 3 rings (SSSR count). The number of carbonyl (C=O) groups excluding carboxylic acids is 2. The highest BCUT2D eigenvalue weighted by Crippen LogP contribution is 2.42. The van der Waals surface area contributed by atoms with Gasteiger partial charge in [0, 0.05) is 12.0 Å². The van der Waals surface area contributed by atoms with E-state index < -0.39 is 5.54 Å².